The van der Waals surface area contributed by atoms with Crippen molar-refractivity contribution >= 4 is 23.0 Å². The molecule has 2 fully saturated rings. The van der Waals surface area contributed by atoms with Crippen molar-refractivity contribution in [2.24, 2.45) is 0 Å². The third kappa shape index (κ3) is 3.97. The molecule has 0 bridgehead atoms. The molecule has 0 amide bonds. The number of rotatable bonds is 7. The maximum atomic E-state index is 11.3. The zero-order valence-corrected chi connectivity index (χ0v) is 17.6. The summed E-state index contributed by atoms with van der Waals surface area (Å²) < 4.78 is 25.2. The Hall–Kier alpha value is -2.34. The summed E-state index contributed by atoms with van der Waals surface area (Å²) in [6.45, 7) is 5.15. The summed E-state index contributed by atoms with van der Waals surface area (Å²) in [5, 5.41) is 0. The maximum absolute atomic E-state index is 11.3. The van der Waals surface area contributed by atoms with Crippen LogP contribution in [0.25, 0.3) is 11.2 Å². The molecular weight excluding hydrogens is 392 g/mol. The third-order valence-electron chi connectivity index (χ3n) is 5.43. The smallest absolute Gasteiger partial charge is 0.305 e. The lowest BCUT2D eigenvalue weighted by atomic mass is 10.1. The van der Waals surface area contributed by atoms with Gasteiger partial charge >= 0.3 is 5.97 Å². The number of hydrogen-bond acceptors (Lipinski definition) is 10. The fraction of sp³-hybridized carbons (Fsp3) is 0.684. The van der Waals surface area contributed by atoms with Crippen LogP contribution in [0.2, 0.25) is 0 Å². The number of carbonyl (C=O) groups is 1. The van der Waals surface area contributed by atoms with E-state index in [1.165, 1.54) is 13.4 Å². The SMILES string of the molecule is COC(=O)CCCN(C)CC1OC(n2cnc3c(N)ncnc32)C2OC(C)(C)O[C@H]12. The van der Waals surface area contributed by atoms with Gasteiger partial charge in [0.2, 0.25) is 0 Å². The lowest BCUT2D eigenvalue weighted by Gasteiger charge is -2.27. The van der Waals surface area contributed by atoms with Crippen LogP contribution >= 0.6 is 0 Å². The number of nitrogens with two attached hydrogens (primary N) is 1. The highest BCUT2D eigenvalue weighted by atomic mass is 16.8. The normalized spacial score (nSPS) is 27.6. The third-order valence-corrected chi connectivity index (χ3v) is 5.43. The molecule has 164 valence electrons. The number of anilines is 1. The zero-order valence-electron chi connectivity index (χ0n) is 17.6. The van der Waals surface area contributed by atoms with Crippen LogP contribution in [-0.4, -0.2) is 81.7 Å². The number of aromatic nitrogens is 4. The number of fused-ring (bicyclic) bond motifs is 2. The van der Waals surface area contributed by atoms with Crippen molar-refractivity contribution in [3.8, 4) is 0 Å². The van der Waals surface area contributed by atoms with Crippen molar-refractivity contribution in [2.75, 3.05) is 33.0 Å². The van der Waals surface area contributed by atoms with E-state index in [-0.39, 0.29) is 24.3 Å². The summed E-state index contributed by atoms with van der Waals surface area (Å²) in [4.78, 5) is 26.1. The predicted molar refractivity (Wildman–Crippen MR) is 106 cm³/mol. The fourth-order valence-electron chi connectivity index (χ4n) is 4.08. The molecule has 0 aromatic carbocycles. The van der Waals surface area contributed by atoms with Crippen LogP contribution in [0.1, 0.15) is 32.9 Å². The molecule has 4 atom stereocenters. The van der Waals surface area contributed by atoms with E-state index in [0.29, 0.717) is 36.4 Å². The largest absolute Gasteiger partial charge is 0.469 e. The van der Waals surface area contributed by atoms with Gasteiger partial charge in [0.05, 0.1) is 13.4 Å². The molecular formula is C19H28N6O5. The molecule has 30 heavy (non-hydrogen) atoms. The first-order valence-electron chi connectivity index (χ1n) is 9.98. The standard InChI is InChI=1S/C19H28N6O5/c1-19(2)29-14-11(8-24(3)7-5-6-12(26)27-4)28-18(15(14)30-19)25-10-23-13-16(20)21-9-22-17(13)25/h9-11,14-15,18H,5-8H2,1-4H3,(H2,20,21,22)/t11?,14-,15?,18?/m1/s1. The average Bonchev–Trinajstić information content (AvgIpc) is 3.34. The number of esters is 1. The van der Waals surface area contributed by atoms with E-state index in [1.54, 1.807) is 6.33 Å². The molecule has 4 rings (SSSR count). The van der Waals surface area contributed by atoms with Crippen LogP contribution in [0.4, 0.5) is 5.82 Å². The van der Waals surface area contributed by atoms with Crippen LogP contribution in [0, 0.1) is 0 Å². The van der Waals surface area contributed by atoms with Crippen molar-refractivity contribution in [1.29, 1.82) is 0 Å². The van der Waals surface area contributed by atoms with Crippen LogP contribution in [-0.2, 0) is 23.7 Å². The van der Waals surface area contributed by atoms with Gasteiger partial charge < -0.3 is 29.6 Å². The van der Waals surface area contributed by atoms with Gasteiger partial charge in [-0.2, -0.15) is 0 Å². The highest BCUT2D eigenvalue weighted by molar-refractivity contribution is 5.81. The number of imidazole rings is 1. The summed E-state index contributed by atoms with van der Waals surface area (Å²) in [7, 11) is 3.39. The molecule has 2 aromatic heterocycles. The number of ether oxygens (including phenoxy) is 4. The van der Waals surface area contributed by atoms with Gasteiger partial charge in [-0.25, -0.2) is 15.0 Å². The van der Waals surface area contributed by atoms with Gasteiger partial charge in [0.15, 0.2) is 23.5 Å². The molecule has 11 heteroatoms. The summed E-state index contributed by atoms with van der Waals surface area (Å²) in [5.74, 6) is -0.606. The molecule has 2 aliphatic rings. The number of nitrogen functional groups attached to an aromatic ring is 1. The Morgan fingerprint density at radius 2 is 2.07 bits per heavy atom. The van der Waals surface area contributed by atoms with Crippen molar-refractivity contribution in [1.82, 2.24) is 24.4 Å². The second kappa shape index (κ2) is 8.06. The first kappa shape index (κ1) is 20.9. The fourth-order valence-corrected chi connectivity index (χ4v) is 4.08. The van der Waals surface area contributed by atoms with E-state index in [2.05, 4.69) is 19.9 Å². The molecule has 2 N–H and O–H groups in total. The van der Waals surface area contributed by atoms with Gasteiger partial charge in [-0.3, -0.25) is 9.36 Å². The Balaban J connectivity index is 1.51. The number of likely N-dealkylation sites (N-methyl/N-ethyl adjacent to an activating group) is 1. The van der Waals surface area contributed by atoms with Gasteiger partial charge in [-0.1, -0.05) is 0 Å². The molecule has 3 unspecified atom stereocenters. The Morgan fingerprint density at radius 1 is 1.30 bits per heavy atom. The lowest BCUT2D eigenvalue weighted by molar-refractivity contribution is -0.197. The average molecular weight is 420 g/mol. The molecule has 2 aromatic rings. The van der Waals surface area contributed by atoms with Crippen molar-refractivity contribution in [3.05, 3.63) is 12.7 Å². The minimum atomic E-state index is -0.719. The first-order valence-corrected chi connectivity index (χ1v) is 9.98. The minimum absolute atomic E-state index is 0.205. The summed E-state index contributed by atoms with van der Waals surface area (Å²) in [6, 6.07) is 0. The maximum Gasteiger partial charge on any atom is 0.305 e. The number of carbonyl (C=O) groups excluding carboxylic acids is 1. The Labute approximate surface area is 174 Å². The van der Waals surface area contributed by atoms with E-state index >= 15 is 0 Å². The van der Waals surface area contributed by atoms with E-state index in [4.69, 9.17) is 24.7 Å². The molecule has 11 nitrogen and oxygen atoms in total. The second-order valence-electron chi connectivity index (χ2n) is 8.15. The summed E-state index contributed by atoms with van der Waals surface area (Å²) >= 11 is 0. The predicted octanol–water partition coefficient (Wildman–Crippen LogP) is 0.711. The zero-order chi connectivity index (χ0) is 21.5. The quantitative estimate of drug-likeness (QED) is 0.640. The topological polar surface area (TPSA) is 127 Å². The van der Waals surface area contributed by atoms with Crippen LogP contribution in [0.3, 0.4) is 0 Å². The minimum Gasteiger partial charge on any atom is -0.469 e. The van der Waals surface area contributed by atoms with Crippen molar-refractivity contribution in [2.45, 2.75) is 57.0 Å². The van der Waals surface area contributed by atoms with Crippen LogP contribution in [0.5, 0.6) is 0 Å². The highest BCUT2D eigenvalue weighted by Crippen LogP contribution is 2.44. The summed E-state index contributed by atoms with van der Waals surface area (Å²) in [5.41, 5.74) is 7.04. The molecule has 4 heterocycles. The van der Waals surface area contributed by atoms with Gasteiger partial charge in [0, 0.05) is 13.0 Å². The van der Waals surface area contributed by atoms with E-state index in [1.807, 2.05) is 25.5 Å². The van der Waals surface area contributed by atoms with Gasteiger partial charge in [0.25, 0.3) is 0 Å². The number of methoxy groups -OCH3 is 1. The van der Waals surface area contributed by atoms with E-state index in [9.17, 15) is 4.79 Å². The molecule has 0 radical (unpaired) electrons. The first-order chi connectivity index (χ1) is 14.3. The van der Waals surface area contributed by atoms with Crippen molar-refractivity contribution in [3.63, 3.8) is 0 Å². The van der Waals surface area contributed by atoms with Gasteiger partial charge in [-0.05, 0) is 33.9 Å². The number of hydrogen-bond donors (Lipinski definition) is 1. The molecule has 0 saturated carbocycles. The Kier molecular flexibility index (Phi) is 5.62. The summed E-state index contributed by atoms with van der Waals surface area (Å²) in [6.07, 6.45) is 2.91. The Bertz CT molecular complexity index is 918. The lowest BCUT2D eigenvalue weighted by Crippen LogP contribution is -2.38. The Morgan fingerprint density at radius 3 is 2.83 bits per heavy atom. The highest BCUT2D eigenvalue weighted by Gasteiger charge is 2.56. The number of nitrogens with zero attached hydrogens (tertiary/aromatic N) is 5. The van der Waals surface area contributed by atoms with E-state index < -0.39 is 12.0 Å². The van der Waals surface area contributed by atoms with Crippen LogP contribution in [0.15, 0.2) is 12.7 Å². The molecule has 0 aliphatic carbocycles. The van der Waals surface area contributed by atoms with Gasteiger partial charge in [0.1, 0.15) is 30.2 Å². The van der Waals surface area contributed by atoms with Crippen molar-refractivity contribution < 1.29 is 23.7 Å². The van der Waals surface area contributed by atoms with Crippen LogP contribution < -0.4 is 5.73 Å². The monoisotopic (exact) mass is 420 g/mol. The molecule has 0 spiro atoms. The van der Waals surface area contributed by atoms with Gasteiger partial charge in [-0.15, -0.1) is 0 Å². The van der Waals surface area contributed by atoms with E-state index in [0.717, 1.165) is 6.54 Å². The second-order valence-corrected chi connectivity index (χ2v) is 8.15. The molecule has 2 aliphatic heterocycles. The molecule has 2 saturated heterocycles.